The monoisotopic (exact) mass is 273 g/mol. The largest absolute Gasteiger partial charge is 0.396 e. The van der Waals surface area contributed by atoms with Crippen molar-refractivity contribution in [2.75, 3.05) is 6.61 Å². The molecule has 0 spiro atoms. The zero-order valence-corrected chi connectivity index (χ0v) is 10.8. The smallest absolute Gasteiger partial charge is 0.240 e. The molecule has 1 amide bonds. The number of rotatable bonds is 6. The Kier molecular flexibility index (Phi) is 4.96. The number of aliphatic hydroxyl groups excluding tert-OH is 1. The summed E-state index contributed by atoms with van der Waals surface area (Å²) < 4.78 is 0. The van der Waals surface area contributed by atoms with Crippen LogP contribution < -0.4 is 5.43 Å². The maximum absolute atomic E-state index is 11.3. The number of aromatic nitrogens is 3. The zero-order chi connectivity index (χ0) is 14.2. The van der Waals surface area contributed by atoms with Crippen LogP contribution in [-0.2, 0) is 4.79 Å². The van der Waals surface area contributed by atoms with Crippen LogP contribution in [0.2, 0.25) is 0 Å². The van der Waals surface area contributed by atoms with E-state index in [4.69, 9.17) is 5.11 Å². The maximum atomic E-state index is 11.3. The van der Waals surface area contributed by atoms with E-state index in [0.717, 1.165) is 5.56 Å². The predicted octanol–water partition coefficient (Wildman–Crippen LogP) is 0.694. The van der Waals surface area contributed by atoms with Gasteiger partial charge in [0.05, 0.1) is 6.21 Å². The molecule has 0 aliphatic rings. The highest BCUT2D eigenvalue weighted by molar-refractivity contribution is 5.87. The number of carbonyl (C=O) groups is 1. The number of hydrazone groups is 1. The average Bonchev–Trinajstić information content (AvgIpc) is 2.94. The molecule has 20 heavy (non-hydrogen) atoms. The summed E-state index contributed by atoms with van der Waals surface area (Å²) in [5, 5.41) is 23.0. The third-order valence-corrected chi connectivity index (χ3v) is 2.56. The first-order valence-corrected chi connectivity index (χ1v) is 6.20. The van der Waals surface area contributed by atoms with Crippen LogP contribution in [0.4, 0.5) is 0 Å². The van der Waals surface area contributed by atoms with Crippen LogP contribution in [0.1, 0.15) is 18.5 Å². The van der Waals surface area contributed by atoms with Crippen molar-refractivity contribution in [3.05, 3.63) is 36.0 Å². The molecule has 104 valence electrons. The lowest BCUT2D eigenvalue weighted by Gasteiger charge is -1.98. The van der Waals surface area contributed by atoms with Crippen molar-refractivity contribution >= 4 is 12.1 Å². The van der Waals surface area contributed by atoms with E-state index in [9.17, 15) is 4.79 Å². The van der Waals surface area contributed by atoms with E-state index in [1.54, 1.807) is 0 Å². The van der Waals surface area contributed by atoms with Crippen LogP contribution in [0.5, 0.6) is 0 Å². The molecule has 1 aromatic carbocycles. The summed E-state index contributed by atoms with van der Waals surface area (Å²) in [4.78, 5) is 11.3. The van der Waals surface area contributed by atoms with Crippen molar-refractivity contribution in [3.8, 4) is 11.3 Å². The Morgan fingerprint density at radius 2 is 2.15 bits per heavy atom. The van der Waals surface area contributed by atoms with Gasteiger partial charge in [-0.2, -0.15) is 20.5 Å². The number of nitrogens with one attached hydrogen (secondary N) is 2. The van der Waals surface area contributed by atoms with Gasteiger partial charge in [-0.3, -0.25) is 4.79 Å². The average molecular weight is 273 g/mol. The number of carbonyl (C=O) groups excluding carboxylic acids is 1. The molecule has 0 aliphatic carbocycles. The van der Waals surface area contributed by atoms with Gasteiger partial charge in [-0.25, -0.2) is 5.43 Å². The van der Waals surface area contributed by atoms with Gasteiger partial charge in [0.15, 0.2) is 0 Å². The highest BCUT2D eigenvalue weighted by atomic mass is 16.3. The highest BCUT2D eigenvalue weighted by Gasteiger charge is 2.07. The Morgan fingerprint density at radius 1 is 1.35 bits per heavy atom. The molecule has 0 unspecified atom stereocenters. The lowest BCUT2D eigenvalue weighted by molar-refractivity contribution is -0.121. The SMILES string of the molecule is O=C(CCCO)NN=Cc1n[nH]nc1-c1ccccc1. The van der Waals surface area contributed by atoms with Gasteiger partial charge in [0.25, 0.3) is 0 Å². The summed E-state index contributed by atoms with van der Waals surface area (Å²) in [7, 11) is 0. The molecular formula is C13H15N5O2. The molecule has 0 bridgehead atoms. The standard InChI is InChI=1S/C13H15N5O2/c19-8-4-7-12(20)16-14-9-11-13(17-18-15-11)10-5-2-1-3-6-10/h1-3,5-6,9,19H,4,7-8H2,(H,16,20)(H,15,17,18). The number of hydrogen-bond acceptors (Lipinski definition) is 5. The number of amides is 1. The topological polar surface area (TPSA) is 103 Å². The van der Waals surface area contributed by atoms with Crippen molar-refractivity contribution in [1.82, 2.24) is 20.8 Å². The van der Waals surface area contributed by atoms with Crippen molar-refractivity contribution in [1.29, 1.82) is 0 Å². The van der Waals surface area contributed by atoms with Crippen molar-refractivity contribution in [2.24, 2.45) is 5.10 Å². The Labute approximate surface area is 115 Å². The number of aromatic amines is 1. The third kappa shape index (κ3) is 3.72. The molecule has 2 aromatic rings. The molecular weight excluding hydrogens is 258 g/mol. The zero-order valence-electron chi connectivity index (χ0n) is 10.8. The summed E-state index contributed by atoms with van der Waals surface area (Å²) in [6.07, 6.45) is 2.08. The first-order valence-electron chi connectivity index (χ1n) is 6.20. The van der Waals surface area contributed by atoms with E-state index in [0.29, 0.717) is 17.8 Å². The lowest BCUT2D eigenvalue weighted by Crippen LogP contribution is -2.17. The molecule has 1 aromatic heterocycles. The van der Waals surface area contributed by atoms with E-state index in [1.165, 1.54) is 6.21 Å². The molecule has 0 radical (unpaired) electrons. The number of H-pyrrole nitrogens is 1. The van der Waals surface area contributed by atoms with E-state index >= 15 is 0 Å². The first-order chi connectivity index (χ1) is 9.81. The van der Waals surface area contributed by atoms with Crippen LogP contribution >= 0.6 is 0 Å². The van der Waals surface area contributed by atoms with Crippen LogP contribution in [0.25, 0.3) is 11.3 Å². The van der Waals surface area contributed by atoms with Crippen molar-refractivity contribution in [3.63, 3.8) is 0 Å². The lowest BCUT2D eigenvalue weighted by atomic mass is 10.1. The first kappa shape index (κ1) is 13.9. The summed E-state index contributed by atoms with van der Waals surface area (Å²) >= 11 is 0. The Hall–Kier alpha value is -2.54. The minimum Gasteiger partial charge on any atom is -0.396 e. The molecule has 0 saturated heterocycles. The van der Waals surface area contributed by atoms with E-state index in [2.05, 4.69) is 25.9 Å². The summed E-state index contributed by atoms with van der Waals surface area (Å²) in [6.45, 7) is -0.0153. The fraction of sp³-hybridized carbons (Fsp3) is 0.231. The fourth-order valence-electron chi connectivity index (χ4n) is 1.60. The molecule has 0 fully saturated rings. The normalized spacial score (nSPS) is 10.8. The minimum absolute atomic E-state index is 0.0153. The predicted molar refractivity (Wildman–Crippen MR) is 73.9 cm³/mol. The second kappa shape index (κ2) is 7.15. The molecule has 3 N–H and O–H groups in total. The van der Waals surface area contributed by atoms with Crippen LogP contribution in [0.3, 0.4) is 0 Å². The number of nitrogens with zero attached hydrogens (tertiary/aromatic N) is 3. The molecule has 0 saturated carbocycles. The van der Waals surface area contributed by atoms with Gasteiger partial charge in [-0.15, -0.1) is 0 Å². The molecule has 7 heteroatoms. The second-order valence-corrected chi connectivity index (χ2v) is 4.04. The number of benzene rings is 1. The Morgan fingerprint density at radius 3 is 2.90 bits per heavy atom. The van der Waals surface area contributed by atoms with Crippen LogP contribution in [0, 0.1) is 0 Å². The Balaban J connectivity index is 2.01. The van der Waals surface area contributed by atoms with Crippen LogP contribution in [0.15, 0.2) is 35.4 Å². The van der Waals surface area contributed by atoms with Gasteiger partial charge in [-0.05, 0) is 6.42 Å². The number of aliphatic hydroxyl groups is 1. The molecule has 2 rings (SSSR count). The third-order valence-electron chi connectivity index (χ3n) is 2.56. The quantitative estimate of drug-likeness (QED) is 0.532. The van der Waals surface area contributed by atoms with Crippen molar-refractivity contribution in [2.45, 2.75) is 12.8 Å². The van der Waals surface area contributed by atoms with E-state index in [-0.39, 0.29) is 18.9 Å². The van der Waals surface area contributed by atoms with Gasteiger partial charge >= 0.3 is 0 Å². The molecule has 7 nitrogen and oxygen atoms in total. The summed E-state index contributed by atoms with van der Waals surface area (Å²) in [6, 6.07) is 9.55. The van der Waals surface area contributed by atoms with Gasteiger partial charge in [0, 0.05) is 18.6 Å². The molecule has 0 aliphatic heterocycles. The molecule has 1 heterocycles. The van der Waals surface area contributed by atoms with Crippen LogP contribution in [-0.4, -0.2) is 39.2 Å². The minimum atomic E-state index is -0.250. The van der Waals surface area contributed by atoms with Crippen molar-refractivity contribution < 1.29 is 9.90 Å². The fourth-order valence-corrected chi connectivity index (χ4v) is 1.60. The van der Waals surface area contributed by atoms with E-state index in [1.807, 2.05) is 30.3 Å². The highest BCUT2D eigenvalue weighted by Crippen LogP contribution is 2.17. The summed E-state index contributed by atoms with van der Waals surface area (Å²) in [5.41, 5.74) is 4.49. The maximum Gasteiger partial charge on any atom is 0.240 e. The summed E-state index contributed by atoms with van der Waals surface area (Å²) in [5.74, 6) is -0.250. The van der Waals surface area contributed by atoms with Gasteiger partial charge in [-0.1, -0.05) is 30.3 Å². The van der Waals surface area contributed by atoms with Gasteiger partial charge in [0.2, 0.25) is 5.91 Å². The number of hydrogen-bond donors (Lipinski definition) is 3. The Bertz CT molecular complexity index is 579. The molecule has 0 atom stereocenters. The van der Waals surface area contributed by atoms with E-state index < -0.39 is 0 Å². The second-order valence-electron chi connectivity index (χ2n) is 4.04. The van der Waals surface area contributed by atoms with Gasteiger partial charge < -0.3 is 5.11 Å². The van der Waals surface area contributed by atoms with Gasteiger partial charge in [0.1, 0.15) is 11.4 Å².